The number of phenols is 1. The zero-order valence-corrected chi connectivity index (χ0v) is 13.9. The lowest BCUT2D eigenvalue weighted by Crippen LogP contribution is -2.25. The minimum absolute atomic E-state index is 0.330. The van der Waals surface area contributed by atoms with Crippen LogP contribution >= 0.6 is 0 Å². The van der Waals surface area contributed by atoms with E-state index >= 15 is 0 Å². The average molecular weight is 302 g/mol. The van der Waals surface area contributed by atoms with E-state index in [1.165, 1.54) is 22.3 Å². The Morgan fingerprint density at radius 1 is 0.652 bits per heavy atom. The second-order valence-electron chi connectivity index (χ2n) is 6.37. The molecule has 0 bridgehead atoms. The number of benzene rings is 3. The fraction of sp³-hybridized carbons (Fsp3) is 0.182. The van der Waals surface area contributed by atoms with Crippen LogP contribution in [0.5, 0.6) is 5.75 Å². The zero-order chi connectivity index (χ0) is 16.4. The first-order valence-electron chi connectivity index (χ1n) is 7.94. The van der Waals surface area contributed by atoms with Gasteiger partial charge in [0.1, 0.15) is 5.75 Å². The molecule has 3 rings (SSSR count). The summed E-state index contributed by atoms with van der Waals surface area (Å²) < 4.78 is 0. The smallest absolute Gasteiger partial charge is 0.120 e. The number of phenolic OH excluding ortho intramolecular Hbond substituents is 1. The molecule has 116 valence electrons. The first kappa shape index (κ1) is 15.4. The maximum absolute atomic E-state index is 10.5. The van der Waals surface area contributed by atoms with Gasteiger partial charge in [0.2, 0.25) is 0 Å². The third kappa shape index (κ3) is 2.75. The summed E-state index contributed by atoms with van der Waals surface area (Å²) >= 11 is 0. The molecule has 0 aliphatic rings. The molecule has 1 N–H and O–H groups in total. The summed E-state index contributed by atoms with van der Waals surface area (Å²) in [5, 5.41) is 10.5. The van der Waals surface area contributed by atoms with Crippen molar-refractivity contribution in [1.29, 1.82) is 0 Å². The van der Waals surface area contributed by atoms with Crippen LogP contribution < -0.4 is 0 Å². The van der Waals surface area contributed by atoms with Crippen molar-refractivity contribution in [2.75, 3.05) is 0 Å². The molecule has 0 fully saturated rings. The van der Waals surface area contributed by atoms with E-state index in [1.54, 1.807) is 6.07 Å². The van der Waals surface area contributed by atoms with Gasteiger partial charge in [-0.3, -0.25) is 0 Å². The summed E-state index contributed by atoms with van der Waals surface area (Å²) in [6.45, 7) is 6.36. The predicted molar refractivity (Wildman–Crippen MR) is 96.0 cm³/mol. The highest BCUT2D eigenvalue weighted by Gasteiger charge is 2.33. The quantitative estimate of drug-likeness (QED) is 0.645. The van der Waals surface area contributed by atoms with Crippen LogP contribution in [0.1, 0.15) is 34.7 Å². The third-order valence-electron chi connectivity index (χ3n) is 4.70. The van der Waals surface area contributed by atoms with Gasteiger partial charge < -0.3 is 5.11 Å². The van der Waals surface area contributed by atoms with Gasteiger partial charge in [-0.2, -0.15) is 0 Å². The van der Waals surface area contributed by atoms with Crippen LogP contribution in [0.4, 0.5) is 0 Å². The number of rotatable bonds is 3. The molecule has 0 saturated heterocycles. The summed E-state index contributed by atoms with van der Waals surface area (Å²) in [5.41, 5.74) is 5.34. The van der Waals surface area contributed by atoms with Gasteiger partial charge in [0.25, 0.3) is 0 Å². The van der Waals surface area contributed by atoms with Crippen LogP contribution in [0.15, 0.2) is 72.8 Å². The van der Waals surface area contributed by atoms with Gasteiger partial charge in [-0.05, 0) is 38.0 Å². The minimum atomic E-state index is -0.396. The van der Waals surface area contributed by atoms with Crippen LogP contribution in [0.2, 0.25) is 0 Å². The van der Waals surface area contributed by atoms with Crippen LogP contribution in [0, 0.1) is 13.8 Å². The van der Waals surface area contributed by atoms with Crippen molar-refractivity contribution in [1.82, 2.24) is 0 Å². The zero-order valence-electron chi connectivity index (χ0n) is 13.9. The van der Waals surface area contributed by atoms with Crippen molar-refractivity contribution in [3.63, 3.8) is 0 Å². The van der Waals surface area contributed by atoms with Gasteiger partial charge in [-0.15, -0.1) is 0 Å². The maximum atomic E-state index is 10.5. The molecule has 0 heterocycles. The van der Waals surface area contributed by atoms with E-state index in [2.05, 4.69) is 69.3 Å². The maximum Gasteiger partial charge on any atom is 0.120 e. The number of hydrogen-bond acceptors (Lipinski definition) is 1. The van der Waals surface area contributed by atoms with E-state index in [0.717, 1.165) is 5.56 Å². The molecular formula is C22H22O. The highest BCUT2D eigenvalue weighted by Crippen LogP contribution is 2.42. The molecule has 0 amide bonds. The third-order valence-corrected chi connectivity index (χ3v) is 4.70. The predicted octanol–water partition coefficient (Wildman–Crippen LogP) is 5.36. The minimum Gasteiger partial charge on any atom is -0.508 e. The molecule has 0 saturated carbocycles. The fourth-order valence-corrected chi connectivity index (χ4v) is 3.15. The molecule has 0 spiro atoms. The van der Waals surface area contributed by atoms with E-state index in [-0.39, 0.29) is 0 Å². The first-order chi connectivity index (χ1) is 11.0. The highest BCUT2D eigenvalue weighted by atomic mass is 16.3. The molecule has 0 radical (unpaired) electrons. The van der Waals surface area contributed by atoms with Gasteiger partial charge in [-0.25, -0.2) is 0 Å². The fourth-order valence-electron chi connectivity index (χ4n) is 3.15. The summed E-state index contributed by atoms with van der Waals surface area (Å²) in [7, 11) is 0. The average Bonchev–Trinajstić information content (AvgIpc) is 2.56. The largest absolute Gasteiger partial charge is 0.508 e. The Kier molecular flexibility index (Phi) is 3.96. The van der Waals surface area contributed by atoms with E-state index in [0.29, 0.717) is 5.75 Å². The summed E-state index contributed by atoms with van der Waals surface area (Å²) in [4.78, 5) is 0. The summed E-state index contributed by atoms with van der Waals surface area (Å²) in [6, 6.07) is 24.7. The van der Waals surface area contributed by atoms with E-state index in [1.807, 2.05) is 18.2 Å². The van der Waals surface area contributed by atoms with Crippen molar-refractivity contribution >= 4 is 0 Å². The lowest BCUT2D eigenvalue weighted by molar-refractivity contribution is 0.457. The normalized spacial score (nSPS) is 11.4. The van der Waals surface area contributed by atoms with Gasteiger partial charge in [0.05, 0.1) is 0 Å². The van der Waals surface area contributed by atoms with Crippen LogP contribution in [-0.4, -0.2) is 5.11 Å². The van der Waals surface area contributed by atoms with Crippen LogP contribution in [-0.2, 0) is 5.41 Å². The van der Waals surface area contributed by atoms with Gasteiger partial charge in [-0.1, -0.05) is 77.9 Å². The molecule has 0 atom stereocenters. The van der Waals surface area contributed by atoms with E-state index in [9.17, 15) is 5.11 Å². The molecule has 0 unspecified atom stereocenters. The number of para-hydroxylation sites is 1. The standard InChI is InChI=1S/C22H22O/c1-16-8-12-18(13-9-16)22(3,19-14-10-17(2)11-15-19)20-6-4-5-7-21(20)23/h4-15,23H,1-3H3. The molecule has 3 aromatic carbocycles. The van der Waals surface area contributed by atoms with Gasteiger partial charge in [0.15, 0.2) is 0 Å². The Morgan fingerprint density at radius 3 is 1.52 bits per heavy atom. The van der Waals surface area contributed by atoms with E-state index in [4.69, 9.17) is 0 Å². The monoisotopic (exact) mass is 302 g/mol. The number of aryl methyl sites for hydroxylation is 2. The lowest BCUT2D eigenvalue weighted by atomic mass is 9.70. The van der Waals surface area contributed by atoms with Gasteiger partial charge >= 0.3 is 0 Å². The topological polar surface area (TPSA) is 20.2 Å². The number of hydrogen-bond donors (Lipinski definition) is 1. The lowest BCUT2D eigenvalue weighted by Gasteiger charge is -2.32. The Morgan fingerprint density at radius 2 is 1.09 bits per heavy atom. The van der Waals surface area contributed by atoms with Crippen LogP contribution in [0.25, 0.3) is 0 Å². The molecule has 0 aliphatic carbocycles. The first-order valence-corrected chi connectivity index (χ1v) is 7.94. The van der Waals surface area contributed by atoms with Crippen LogP contribution in [0.3, 0.4) is 0 Å². The molecule has 0 aromatic heterocycles. The van der Waals surface area contributed by atoms with Crippen molar-refractivity contribution in [2.24, 2.45) is 0 Å². The Labute approximate surface area is 138 Å². The molecule has 3 aromatic rings. The highest BCUT2D eigenvalue weighted by molar-refractivity contribution is 5.54. The summed E-state index contributed by atoms with van der Waals surface area (Å²) in [6.07, 6.45) is 0. The Bertz CT molecular complexity index is 753. The second-order valence-corrected chi connectivity index (χ2v) is 6.37. The number of aromatic hydroxyl groups is 1. The van der Waals surface area contributed by atoms with Crippen molar-refractivity contribution in [2.45, 2.75) is 26.2 Å². The second kappa shape index (κ2) is 5.92. The van der Waals surface area contributed by atoms with Crippen molar-refractivity contribution in [3.8, 4) is 5.75 Å². The summed E-state index contributed by atoms with van der Waals surface area (Å²) in [5.74, 6) is 0.330. The van der Waals surface area contributed by atoms with E-state index < -0.39 is 5.41 Å². The molecule has 0 aliphatic heterocycles. The molecule has 1 nitrogen and oxygen atoms in total. The van der Waals surface area contributed by atoms with Crippen molar-refractivity contribution < 1.29 is 5.11 Å². The Balaban J connectivity index is 2.27. The SMILES string of the molecule is Cc1ccc(C(C)(c2ccc(C)cc2)c2ccccc2O)cc1. The Hall–Kier alpha value is -2.54. The molecular weight excluding hydrogens is 280 g/mol. The molecule has 23 heavy (non-hydrogen) atoms. The molecule has 1 heteroatoms. The van der Waals surface area contributed by atoms with Crippen molar-refractivity contribution in [3.05, 3.63) is 101 Å². The van der Waals surface area contributed by atoms with Gasteiger partial charge in [0, 0.05) is 11.0 Å².